The molecule has 1 saturated carbocycles. The highest BCUT2D eigenvalue weighted by molar-refractivity contribution is 7.99. The predicted molar refractivity (Wildman–Crippen MR) is 80.6 cm³/mol. The molecule has 0 unspecified atom stereocenters. The van der Waals surface area contributed by atoms with E-state index in [1.807, 2.05) is 11.8 Å². The highest BCUT2D eigenvalue weighted by Gasteiger charge is 2.28. The maximum absolute atomic E-state index is 2.54. The topological polar surface area (TPSA) is 0 Å². The molecule has 3 rings (SSSR count). The smallest absolute Gasteiger partial charge is 0.0110 e. The van der Waals surface area contributed by atoms with Crippen LogP contribution in [0.5, 0.6) is 0 Å². The summed E-state index contributed by atoms with van der Waals surface area (Å²) in [4.78, 5) is 1.53. The van der Waals surface area contributed by atoms with Gasteiger partial charge in [-0.15, -0.1) is 11.8 Å². The monoisotopic (exact) mass is 260 g/mol. The minimum atomic E-state index is 0.380. The summed E-state index contributed by atoms with van der Waals surface area (Å²) in [5.41, 5.74) is 3.61. The summed E-state index contributed by atoms with van der Waals surface area (Å²) in [6.45, 7) is 4.83. The first-order chi connectivity index (χ1) is 8.67. The second-order valence-electron chi connectivity index (χ2n) is 6.57. The molecule has 0 N–H and O–H groups in total. The Balaban J connectivity index is 1.93. The van der Waals surface area contributed by atoms with E-state index in [1.54, 1.807) is 11.1 Å². The summed E-state index contributed by atoms with van der Waals surface area (Å²) >= 11 is 2.05. The SMILES string of the molecule is CC1(C)CCSc2ccc(C3CCCCC3)cc21. The first-order valence-corrected chi connectivity index (χ1v) is 8.43. The van der Waals surface area contributed by atoms with Gasteiger partial charge in [0.1, 0.15) is 0 Å². The fraction of sp³-hybridized carbons (Fsp3) is 0.647. The molecule has 1 fully saturated rings. The van der Waals surface area contributed by atoms with E-state index in [0.29, 0.717) is 5.41 Å². The van der Waals surface area contributed by atoms with Gasteiger partial charge in [0, 0.05) is 4.90 Å². The van der Waals surface area contributed by atoms with Crippen molar-refractivity contribution in [2.45, 2.75) is 68.6 Å². The van der Waals surface area contributed by atoms with Gasteiger partial charge in [0.2, 0.25) is 0 Å². The summed E-state index contributed by atoms with van der Waals surface area (Å²) in [7, 11) is 0. The van der Waals surface area contributed by atoms with Gasteiger partial charge in [0.05, 0.1) is 0 Å². The van der Waals surface area contributed by atoms with Crippen molar-refractivity contribution in [1.29, 1.82) is 0 Å². The number of rotatable bonds is 1. The Kier molecular flexibility index (Phi) is 3.44. The van der Waals surface area contributed by atoms with Gasteiger partial charge in [-0.2, -0.15) is 0 Å². The van der Waals surface area contributed by atoms with Crippen LogP contribution in [0.2, 0.25) is 0 Å². The van der Waals surface area contributed by atoms with Crippen molar-refractivity contribution in [1.82, 2.24) is 0 Å². The Bertz CT molecular complexity index is 427. The number of hydrogen-bond acceptors (Lipinski definition) is 1. The van der Waals surface area contributed by atoms with Gasteiger partial charge in [-0.3, -0.25) is 0 Å². The first-order valence-electron chi connectivity index (χ1n) is 7.44. The lowest BCUT2D eigenvalue weighted by Gasteiger charge is -2.33. The van der Waals surface area contributed by atoms with Crippen molar-refractivity contribution in [3.8, 4) is 0 Å². The molecule has 1 aliphatic heterocycles. The van der Waals surface area contributed by atoms with Gasteiger partial charge in [0.25, 0.3) is 0 Å². The standard InChI is InChI=1S/C17H24S/c1-17(2)10-11-18-16-9-8-14(12-15(16)17)13-6-4-3-5-7-13/h8-9,12-13H,3-7,10-11H2,1-2H3. The number of thioether (sulfide) groups is 1. The van der Waals surface area contributed by atoms with Crippen molar-refractivity contribution >= 4 is 11.8 Å². The molecule has 0 radical (unpaired) electrons. The minimum absolute atomic E-state index is 0.380. The van der Waals surface area contributed by atoms with Crippen LogP contribution in [0.4, 0.5) is 0 Å². The van der Waals surface area contributed by atoms with E-state index >= 15 is 0 Å². The molecular weight excluding hydrogens is 236 g/mol. The van der Waals surface area contributed by atoms with Crippen molar-refractivity contribution in [3.05, 3.63) is 29.3 Å². The Labute approximate surface area is 116 Å². The summed E-state index contributed by atoms with van der Waals surface area (Å²) in [5.74, 6) is 2.12. The van der Waals surface area contributed by atoms with Crippen LogP contribution in [0.3, 0.4) is 0 Å². The van der Waals surface area contributed by atoms with Crippen molar-refractivity contribution in [2.75, 3.05) is 5.75 Å². The maximum Gasteiger partial charge on any atom is 0.0110 e. The second kappa shape index (κ2) is 4.92. The summed E-state index contributed by atoms with van der Waals surface area (Å²) in [5, 5.41) is 0. The maximum atomic E-state index is 2.54. The average molecular weight is 260 g/mol. The zero-order valence-electron chi connectivity index (χ0n) is 11.7. The van der Waals surface area contributed by atoms with Crippen LogP contribution in [0.25, 0.3) is 0 Å². The summed E-state index contributed by atoms with van der Waals surface area (Å²) in [6, 6.07) is 7.34. The zero-order chi connectivity index (χ0) is 12.6. The Hall–Kier alpha value is -0.430. The van der Waals surface area contributed by atoms with Gasteiger partial charge < -0.3 is 0 Å². The van der Waals surface area contributed by atoms with E-state index in [2.05, 4.69) is 32.0 Å². The molecule has 2 aliphatic rings. The van der Waals surface area contributed by atoms with Gasteiger partial charge >= 0.3 is 0 Å². The molecular formula is C17H24S. The van der Waals surface area contributed by atoms with Crippen LogP contribution in [0, 0.1) is 0 Å². The Morgan fingerprint density at radius 2 is 1.89 bits per heavy atom. The van der Waals surface area contributed by atoms with E-state index in [1.165, 1.54) is 49.2 Å². The van der Waals surface area contributed by atoms with Gasteiger partial charge in [-0.25, -0.2) is 0 Å². The third-order valence-corrected chi connectivity index (χ3v) is 5.87. The van der Waals surface area contributed by atoms with Crippen LogP contribution in [-0.4, -0.2) is 5.75 Å². The number of benzene rings is 1. The van der Waals surface area contributed by atoms with Crippen LogP contribution >= 0.6 is 11.8 Å². The minimum Gasteiger partial charge on any atom is -0.126 e. The Morgan fingerprint density at radius 3 is 2.67 bits per heavy atom. The van der Waals surface area contributed by atoms with Crippen molar-refractivity contribution in [2.24, 2.45) is 0 Å². The van der Waals surface area contributed by atoms with Crippen molar-refractivity contribution in [3.63, 3.8) is 0 Å². The highest BCUT2D eigenvalue weighted by atomic mass is 32.2. The third kappa shape index (κ3) is 2.34. The molecule has 1 aromatic rings. The van der Waals surface area contributed by atoms with E-state index in [9.17, 15) is 0 Å². The van der Waals surface area contributed by atoms with Crippen molar-refractivity contribution < 1.29 is 0 Å². The second-order valence-corrected chi connectivity index (χ2v) is 7.71. The molecule has 0 nitrogen and oxygen atoms in total. The lowest BCUT2D eigenvalue weighted by atomic mass is 9.78. The summed E-state index contributed by atoms with van der Waals surface area (Å²) < 4.78 is 0. The quantitative estimate of drug-likeness (QED) is 0.641. The molecule has 1 aliphatic carbocycles. The molecule has 0 aromatic heterocycles. The van der Waals surface area contributed by atoms with Gasteiger partial charge in [0.15, 0.2) is 0 Å². The zero-order valence-corrected chi connectivity index (χ0v) is 12.5. The molecule has 0 saturated heterocycles. The van der Waals surface area contributed by atoms with E-state index in [-0.39, 0.29) is 0 Å². The average Bonchev–Trinajstić information content (AvgIpc) is 2.39. The predicted octanol–water partition coefficient (Wildman–Crippen LogP) is 5.51. The molecule has 1 heterocycles. The summed E-state index contributed by atoms with van der Waals surface area (Å²) in [6.07, 6.45) is 8.44. The Morgan fingerprint density at radius 1 is 1.11 bits per heavy atom. The number of hydrogen-bond donors (Lipinski definition) is 0. The molecule has 18 heavy (non-hydrogen) atoms. The number of fused-ring (bicyclic) bond motifs is 1. The largest absolute Gasteiger partial charge is 0.126 e. The van der Waals surface area contributed by atoms with E-state index < -0.39 is 0 Å². The first kappa shape index (κ1) is 12.6. The van der Waals surface area contributed by atoms with Crippen LogP contribution < -0.4 is 0 Å². The fourth-order valence-corrected chi connectivity index (χ4v) is 4.93. The third-order valence-electron chi connectivity index (χ3n) is 4.79. The van der Waals surface area contributed by atoms with Gasteiger partial charge in [-0.05, 0) is 53.5 Å². The lowest BCUT2D eigenvalue weighted by Crippen LogP contribution is -2.23. The molecule has 0 bridgehead atoms. The van der Waals surface area contributed by atoms with E-state index in [4.69, 9.17) is 0 Å². The van der Waals surface area contributed by atoms with Gasteiger partial charge in [-0.1, -0.05) is 45.2 Å². The van der Waals surface area contributed by atoms with Crippen LogP contribution in [0.1, 0.15) is 69.4 Å². The molecule has 0 atom stereocenters. The van der Waals surface area contributed by atoms with Crippen LogP contribution in [-0.2, 0) is 5.41 Å². The highest BCUT2D eigenvalue weighted by Crippen LogP contribution is 2.43. The molecule has 0 amide bonds. The normalized spacial score (nSPS) is 23.7. The molecule has 1 heteroatoms. The molecule has 0 spiro atoms. The van der Waals surface area contributed by atoms with E-state index in [0.717, 1.165) is 5.92 Å². The molecule has 1 aromatic carbocycles. The lowest BCUT2D eigenvalue weighted by molar-refractivity contribution is 0.440. The fourth-order valence-electron chi connectivity index (χ4n) is 3.44. The molecule has 98 valence electrons. The van der Waals surface area contributed by atoms with Crippen LogP contribution in [0.15, 0.2) is 23.1 Å².